The van der Waals surface area contributed by atoms with Crippen molar-refractivity contribution in [3.8, 4) is 0 Å². The van der Waals surface area contributed by atoms with Crippen LogP contribution in [-0.4, -0.2) is 6.29 Å². The number of anilines is 2. The van der Waals surface area contributed by atoms with Crippen LogP contribution in [0, 0.1) is 0 Å². The van der Waals surface area contributed by atoms with Gasteiger partial charge < -0.3 is 11.5 Å². The highest BCUT2D eigenvalue weighted by molar-refractivity contribution is 6.35. The topological polar surface area (TPSA) is 69.1 Å². The van der Waals surface area contributed by atoms with Crippen molar-refractivity contribution in [2.45, 2.75) is 0 Å². The molecule has 0 fully saturated rings. The van der Waals surface area contributed by atoms with Crippen LogP contribution in [0.15, 0.2) is 12.1 Å². The van der Waals surface area contributed by atoms with Gasteiger partial charge in [-0.1, -0.05) is 11.6 Å². The standard InChI is InChI=1S/C7H7ClN2O/c8-7-5(9)1-4(3-11)2-6(7)10/h1-3H,9-10H2. The van der Waals surface area contributed by atoms with E-state index in [1.807, 2.05) is 0 Å². The number of carbonyl (C=O) groups is 1. The number of aldehydes is 1. The molecular weight excluding hydrogens is 164 g/mol. The monoisotopic (exact) mass is 170 g/mol. The van der Waals surface area contributed by atoms with E-state index >= 15 is 0 Å². The summed E-state index contributed by atoms with van der Waals surface area (Å²) in [6.07, 6.45) is 0.670. The molecule has 1 aromatic rings. The predicted molar refractivity (Wildman–Crippen MR) is 45.7 cm³/mol. The van der Waals surface area contributed by atoms with Gasteiger partial charge in [-0.2, -0.15) is 0 Å². The SMILES string of the molecule is Nc1cc(C=O)cc(N)c1Cl. The first-order valence-electron chi connectivity index (χ1n) is 2.95. The van der Waals surface area contributed by atoms with Crippen LogP contribution in [0.2, 0.25) is 5.02 Å². The van der Waals surface area contributed by atoms with Gasteiger partial charge in [0.1, 0.15) is 6.29 Å². The van der Waals surface area contributed by atoms with Gasteiger partial charge >= 0.3 is 0 Å². The number of nitrogen functional groups attached to an aromatic ring is 2. The van der Waals surface area contributed by atoms with Crippen molar-refractivity contribution in [2.75, 3.05) is 11.5 Å². The summed E-state index contributed by atoms with van der Waals surface area (Å²) >= 11 is 5.64. The maximum atomic E-state index is 10.3. The lowest BCUT2D eigenvalue weighted by Crippen LogP contribution is -1.95. The molecular formula is C7H7ClN2O. The fourth-order valence-corrected chi connectivity index (χ4v) is 0.871. The Morgan fingerprint density at radius 1 is 1.27 bits per heavy atom. The molecule has 1 rings (SSSR count). The average Bonchev–Trinajstić information content (AvgIpc) is 1.99. The van der Waals surface area contributed by atoms with E-state index in [0.29, 0.717) is 28.2 Å². The fourth-order valence-electron chi connectivity index (χ4n) is 0.762. The third-order valence-corrected chi connectivity index (χ3v) is 1.72. The largest absolute Gasteiger partial charge is 0.397 e. The predicted octanol–water partition coefficient (Wildman–Crippen LogP) is 1.32. The Morgan fingerprint density at radius 3 is 2.09 bits per heavy atom. The minimum absolute atomic E-state index is 0.301. The number of rotatable bonds is 1. The van der Waals surface area contributed by atoms with Gasteiger partial charge in [0.2, 0.25) is 0 Å². The summed E-state index contributed by atoms with van der Waals surface area (Å²) in [5.74, 6) is 0. The van der Waals surface area contributed by atoms with Crippen molar-refractivity contribution in [2.24, 2.45) is 0 Å². The average molecular weight is 171 g/mol. The number of carbonyl (C=O) groups excluding carboxylic acids is 1. The minimum atomic E-state index is 0.301. The van der Waals surface area contributed by atoms with E-state index < -0.39 is 0 Å². The molecule has 1 aromatic carbocycles. The Kier molecular flexibility index (Phi) is 2.01. The van der Waals surface area contributed by atoms with Crippen molar-refractivity contribution < 1.29 is 4.79 Å². The van der Waals surface area contributed by atoms with Crippen molar-refractivity contribution in [3.63, 3.8) is 0 Å². The quantitative estimate of drug-likeness (QED) is 0.493. The van der Waals surface area contributed by atoms with Crippen LogP contribution in [0.5, 0.6) is 0 Å². The van der Waals surface area contributed by atoms with Crippen molar-refractivity contribution in [3.05, 3.63) is 22.7 Å². The smallest absolute Gasteiger partial charge is 0.150 e. The Balaban J connectivity index is 3.31. The normalized spacial score (nSPS) is 9.55. The molecule has 0 spiro atoms. The van der Waals surface area contributed by atoms with Gasteiger partial charge in [0.25, 0.3) is 0 Å². The van der Waals surface area contributed by atoms with E-state index in [-0.39, 0.29) is 0 Å². The Labute approximate surface area is 68.9 Å². The highest BCUT2D eigenvalue weighted by atomic mass is 35.5. The number of hydrogen-bond acceptors (Lipinski definition) is 3. The Bertz CT molecular complexity index is 275. The highest BCUT2D eigenvalue weighted by Crippen LogP contribution is 2.26. The summed E-state index contributed by atoms with van der Waals surface area (Å²) in [5, 5.41) is 0.301. The van der Waals surface area contributed by atoms with Crippen LogP contribution >= 0.6 is 11.6 Å². The molecule has 0 unspecified atom stereocenters. The molecule has 0 aliphatic rings. The van der Waals surface area contributed by atoms with E-state index in [4.69, 9.17) is 23.1 Å². The minimum Gasteiger partial charge on any atom is -0.397 e. The molecule has 3 nitrogen and oxygen atoms in total. The zero-order chi connectivity index (χ0) is 8.43. The molecule has 0 saturated heterocycles. The van der Waals surface area contributed by atoms with Gasteiger partial charge in [0, 0.05) is 5.56 Å². The second kappa shape index (κ2) is 2.80. The third-order valence-electron chi connectivity index (χ3n) is 1.29. The first-order valence-corrected chi connectivity index (χ1v) is 3.32. The van der Waals surface area contributed by atoms with E-state index in [2.05, 4.69) is 0 Å². The maximum absolute atomic E-state index is 10.3. The fraction of sp³-hybridized carbons (Fsp3) is 0. The molecule has 0 amide bonds. The zero-order valence-electron chi connectivity index (χ0n) is 5.67. The molecule has 0 atom stereocenters. The molecule has 11 heavy (non-hydrogen) atoms. The van der Waals surface area contributed by atoms with Crippen LogP contribution in [0.1, 0.15) is 10.4 Å². The van der Waals surface area contributed by atoms with Crippen molar-refractivity contribution in [1.82, 2.24) is 0 Å². The Morgan fingerprint density at radius 2 is 1.73 bits per heavy atom. The summed E-state index contributed by atoms with van der Waals surface area (Å²) < 4.78 is 0. The van der Waals surface area contributed by atoms with Crippen LogP contribution in [-0.2, 0) is 0 Å². The van der Waals surface area contributed by atoms with E-state index in [0.717, 1.165) is 0 Å². The maximum Gasteiger partial charge on any atom is 0.150 e. The molecule has 4 N–H and O–H groups in total. The van der Waals surface area contributed by atoms with Gasteiger partial charge in [-0.15, -0.1) is 0 Å². The van der Waals surface area contributed by atoms with E-state index in [1.54, 1.807) is 0 Å². The van der Waals surface area contributed by atoms with Crippen LogP contribution in [0.3, 0.4) is 0 Å². The lowest BCUT2D eigenvalue weighted by Gasteiger charge is -2.01. The first-order chi connectivity index (χ1) is 5.15. The lowest BCUT2D eigenvalue weighted by molar-refractivity contribution is 0.112. The van der Waals surface area contributed by atoms with Gasteiger partial charge in [-0.05, 0) is 12.1 Å². The van der Waals surface area contributed by atoms with E-state index in [1.165, 1.54) is 12.1 Å². The summed E-state index contributed by atoms with van der Waals surface area (Å²) in [6.45, 7) is 0. The molecule has 0 heterocycles. The molecule has 0 aliphatic heterocycles. The molecule has 58 valence electrons. The number of benzene rings is 1. The van der Waals surface area contributed by atoms with Gasteiger partial charge in [-0.25, -0.2) is 0 Å². The summed E-state index contributed by atoms with van der Waals surface area (Å²) in [5.41, 5.74) is 11.9. The van der Waals surface area contributed by atoms with Crippen molar-refractivity contribution in [1.29, 1.82) is 0 Å². The lowest BCUT2D eigenvalue weighted by atomic mass is 10.2. The number of hydrogen-bond donors (Lipinski definition) is 2. The molecule has 4 heteroatoms. The molecule has 0 bridgehead atoms. The van der Waals surface area contributed by atoms with Crippen molar-refractivity contribution >= 4 is 29.3 Å². The number of nitrogens with two attached hydrogens (primary N) is 2. The van der Waals surface area contributed by atoms with Crippen LogP contribution in [0.4, 0.5) is 11.4 Å². The highest BCUT2D eigenvalue weighted by Gasteiger charge is 2.02. The summed E-state index contributed by atoms with van der Waals surface area (Å²) in [6, 6.07) is 2.96. The number of halogens is 1. The van der Waals surface area contributed by atoms with E-state index in [9.17, 15) is 4.79 Å². The van der Waals surface area contributed by atoms with Crippen LogP contribution < -0.4 is 11.5 Å². The van der Waals surface area contributed by atoms with Crippen LogP contribution in [0.25, 0.3) is 0 Å². The second-order valence-corrected chi connectivity index (χ2v) is 2.51. The second-order valence-electron chi connectivity index (χ2n) is 2.13. The Hall–Kier alpha value is -1.22. The summed E-state index contributed by atoms with van der Waals surface area (Å²) in [4.78, 5) is 10.3. The van der Waals surface area contributed by atoms with Gasteiger partial charge in [-0.3, -0.25) is 4.79 Å². The molecule has 0 radical (unpaired) electrons. The van der Waals surface area contributed by atoms with Gasteiger partial charge in [0.15, 0.2) is 0 Å². The molecule has 0 aromatic heterocycles. The molecule has 0 saturated carbocycles. The third kappa shape index (κ3) is 1.43. The zero-order valence-corrected chi connectivity index (χ0v) is 6.43. The van der Waals surface area contributed by atoms with Gasteiger partial charge in [0.05, 0.1) is 16.4 Å². The molecule has 0 aliphatic carbocycles. The summed E-state index contributed by atoms with van der Waals surface area (Å²) in [7, 11) is 0. The first kappa shape index (κ1) is 7.88.